The predicted molar refractivity (Wildman–Crippen MR) is 28.3 cm³/mol. The van der Waals surface area contributed by atoms with Crippen molar-refractivity contribution >= 4 is 12.6 Å². The maximum atomic E-state index is 5.04. The van der Waals surface area contributed by atoms with Crippen LogP contribution in [0.2, 0.25) is 0 Å². The van der Waals surface area contributed by atoms with Gasteiger partial charge in [-0.3, -0.25) is 5.84 Å². The molecule has 3 N–H and O–H groups in total. The van der Waals surface area contributed by atoms with Gasteiger partial charge in [-0.05, 0) is 12.8 Å². The topological polar surface area (TPSA) is 38.0 Å². The predicted octanol–water partition coefficient (Wildman–Crippen LogP) is -0.130. The van der Waals surface area contributed by atoms with E-state index in [-0.39, 0.29) is 4.87 Å². The molecule has 36 valence electrons. The number of nitrogens with one attached hydrogen (secondary N) is 1. The van der Waals surface area contributed by atoms with Gasteiger partial charge < -0.3 is 0 Å². The van der Waals surface area contributed by atoms with Crippen molar-refractivity contribution in [3.63, 3.8) is 0 Å². The third kappa shape index (κ3) is 0.668. The molecule has 1 rings (SSSR count). The Hall–Kier alpha value is 0.270. The molecule has 1 aliphatic carbocycles. The van der Waals surface area contributed by atoms with E-state index in [1.165, 1.54) is 0 Å². The van der Waals surface area contributed by atoms with Crippen LogP contribution in [0.1, 0.15) is 12.8 Å². The van der Waals surface area contributed by atoms with E-state index in [9.17, 15) is 0 Å². The van der Waals surface area contributed by atoms with Crippen LogP contribution in [0.3, 0.4) is 0 Å². The number of thiol groups is 1. The third-order valence-corrected chi connectivity index (χ3v) is 1.57. The van der Waals surface area contributed by atoms with Crippen LogP contribution < -0.4 is 11.3 Å². The van der Waals surface area contributed by atoms with Gasteiger partial charge in [-0.2, -0.15) is 12.6 Å². The van der Waals surface area contributed by atoms with Crippen LogP contribution in [-0.2, 0) is 0 Å². The van der Waals surface area contributed by atoms with E-state index in [2.05, 4.69) is 18.1 Å². The largest absolute Gasteiger partial charge is 0.270 e. The van der Waals surface area contributed by atoms with Gasteiger partial charge in [0.15, 0.2) is 0 Å². The molecule has 0 aromatic carbocycles. The minimum absolute atomic E-state index is 0.0139. The lowest BCUT2D eigenvalue weighted by Gasteiger charge is -1.99. The summed E-state index contributed by atoms with van der Waals surface area (Å²) in [5.74, 6) is 5.04. The summed E-state index contributed by atoms with van der Waals surface area (Å²) in [5, 5.41) is 0. The zero-order valence-corrected chi connectivity index (χ0v) is 4.33. The molecule has 1 fully saturated rings. The molecule has 0 aromatic rings. The van der Waals surface area contributed by atoms with E-state index in [0.717, 1.165) is 12.8 Å². The van der Waals surface area contributed by atoms with Gasteiger partial charge in [-0.1, -0.05) is 0 Å². The molecule has 0 aliphatic heterocycles. The quantitative estimate of drug-likeness (QED) is 0.188. The van der Waals surface area contributed by atoms with E-state index in [4.69, 9.17) is 5.84 Å². The van der Waals surface area contributed by atoms with E-state index >= 15 is 0 Å². The summed E-state index contributed by atoms with van der Waals surface area (Å²) < 4.78 is 0. The summed E-state index contributed by atoms with van der Waals surface area (Å²) >= 11 is 4.13. The fourth-order valence-corrected chi connectivity index (χ4v) is 0.375. The van der Waals surface area contributed by atoms with Gasteiger partial charge in [-0.15, -0.1) is 0 Å². The standard InChI is InChI=1S/C3H8N2S/c4-5-3(6)1-2-3/h5-6H,1-2,4H2. The zero-order valence-electron chi connectivity index (χ0n) is 3.44. The Morgan fingerprint density at radius 2 is 2.17 bits per heavy atom. The fourth-order valence-electron chi connectivity index (χ4n) is 0.263. The molecule has 1 saturated carbocycles. The molecule has 0 spiro atoms. The van der Waals surface area contributed by atoms with Crippen molar-refractivity contribution in [1.29, 1.82) is 0 Å². The Morgan fingerprint density at radius 1 is 1.67 bits per heavy atom. The molecular formula is C3H8N2S. The monoisotopic (exact) mass is 104 g/mol. The summed E-state index contributed by atoms with van der Waals surface area (Å²) in [6.45, 7) is 0. The Morgan fingerprint density at radius 3 is 2.17 bits per heavy atom. The molecule has 0 atom stereocenters. The summed E-state index contributed by atoms with van der Waals surface area (Å²) in [6, 6.07) is 0. The summed E-state index contributed by atoms with van der Waals surface area (Å²) in [5.41, 5.74) is 2.58. The highest BCUT2D eigenvalue weighted by atomic mass is 32.1. The first-order chi connectivity index (χ1) is 2.77. The molecule has 6 heavy (non-hydrogen) atoms. The molecule has 1 aliphatic rings. The molecule has 0 radical (unpaired) electrons. The fraction of sp³-hybridized carbons (Fsp3) is 1.00. The molecule has 0 saturated heterocycles. The molecule has 0 bridgehead atoms. The molecule has 0 heterocycles. The van der Waals surface area contributed by atoms with E-state index < -0.39 is 0 Å². The highest BCUT2D eigenvalue weighted by molar-refractivity contribution is 7.82. The van der Waals surface area contributed by atoms with Gasteiger partial charge in [0.25, 0.3) is 0 Å². The van der Waals surface area contributed by atoms with Crippen LogP contribution in [0, 0.1) is 0 Å². The van der Waals surface area contributed by atoms with Gasteiger partial charge in [0, 0.05) is 0 Å². The molecule has 3 heteroatoms. The van der Waals surface area contributed by atoms with Gasteiger partial charge in [0.2, 0.25) is 0 Å². The number of hydrogen-bond donors (Lipinski definition) is 3. The maximum Gasteiger partial charge on any atom is 0.0744 e. The van der Waals surface area contributed by atoms with Crippen molar-refractivity contribution in [2.45, 2.75) is 17.7 Å². The SMILES string of the molecule is NNC1(S)CC1. The van der Waals surface area contributed by atoms with Crippen LogP contribution in [-0.4, -0.2) is 4.87 Å². The lowest BCUT2D eigenvalue weighted by atomic mass is 10.7. The van der Waals surface area contributed by atoms with Crippen LogP contribution in [0.5, 0.6) is 0 Å². The molecule has 0 unspecified atom stereocenters. The molecule has 2 nitrogen and oxygen atoms in total. The van der Waals surface area contributed by atoms with E-state index in [0.29, 0.717) is 0 Å². The molecular weight excluding hydrogens is 96.1 g/mol. The van der Waals surface area contributed by atoms with E-state index in [1.54, 1.807) is 0 Å². The first-order valence-corrected chi connectivity index (χ1v) is 2.42. The van der Waals surface area contributed by atoms with Crippen molar-refractivity contribution in [3.8, 4) is 0 Å². The second-order valence-corrected chi connectivity index (χ2v) is 2.53. The first-order valence-electron chi connectivity index (χ1n) is 1.97. The van der Waals surface area contributed by atoms with Crippen LogP contribution in [0.25, 0.3) is 0 Å². The lowest BCUT2D eigenvalue weighted by molar-refractivity contribution is 0.692. The highest BCUT2D eigenvalue weighted by Gasteiger charge is 2.37. The third-order valence-electron chi connectivity index (χ3n) is 0.992. The average molecular weight is 104 g/mol. The number of rotatable bonds is 1. The van der Waals surface area contributed by atoms with E-state index in [1.807, 2.05) is 0 Å². The Labute approximate surface area is 42.5 Å². The normalized spacial score (nSPS) is 27.0. The van der Waals surface area contributed by atoms with Crippen molar-refractivity contribution < 1.29 is 0 Å². The average Bonchev–Trinajstić information content (AvgIpc) is 2.22. The Bertz CT molecular complexity index is 59.8. The summed E-state index contributed by atoms with van der Waals surface area (Å²) in [4.78, 5) is 0.0139. The summed E-state index contributed by atoms with van der Waals surface area (Å²) in [7, 11) is 0. The number of hydrazine groups is 1. The number of nitrogens with two attached hydrogens (primary N) is 1. The molecule has 0 amide bonds. The highest BCUT2D eigenvalue weighted by Crippen LogP contribution is 2.37. The second kappa shape index (κ2) is 1.12. The number of hydrogen-bond acceptors (Lipinski definition) is 3. The van der Waals surface area contributed by atoms with Gasteiger partial charge in [-0.25, -0.2) is 5.43 Å². The smallest absolute Gasteiger partial charge is 0.0744 e. The van der Waals surface area contributed by atoms with Crippen LogP contribution in [0.15, 0.2) is 0 Å². The van der Waals surface area contributed by atoms with Crippen molar-refractivity contribution in [2.24, 2.45) is 5.84 Å². The van der Waals surface area contributed by atoms with Crippen LogP contribution in [0.4, 0.5) is 0 Å². The van der Waals surface area contributed by atoms with Crippen molar-refractivity contribution in [1.82, 2.24) is 5.43 Å². The molecule has 0 aromatic heterocycles. The van der Waals surface area contributed by atoms with Crippen molar-refractivity contribution in [3.05, 3.63) is 0 Å². The van der Waals surface area contributed by atoms with Gasteiger partial charge in [0.1, 0.15) is 0 Å². The van der Waals surface area contributed by atoms with Crippen LogP contribution >= 0.6 is 12.6 Å². The van der Waals surface area contributed by atoms with Crippen molar-refractivity contribution in [2.75, 3.05) is 0 Å². The Balaban J connectivity index is 2.28. The maximum absolute atomic E-state index is 5.04. The lowest BCUT2D eigenvalue weighted by Crippen LogP contribution is -2.32. The minimum Gasteiger partial charge on any atom is -0.270 e. The Kier molecular flexibility index (Phi) is 0.825. The first kappa shape index (κ1) is 4.43. The minimum atomic E-state index is 0.0139. The second-order valence-electron chi connectivity index (χ2n) is 1.68. The zero-order chi connectivity index (χ0) is 4.62. The van der Waals surface area contributed by atoms with Gasteiger partial charge in [0.05, 0.1) is 4.87 Å². The summed E-state index contributed by atoms with van der Waals surface area (Å²) in [6.07, 6.45) is 2.21. The van der Waals surface area contributed by atoms with Gasteiger partial charge >= 0.3 is 0 Å².